The highest BCUT2D eigenvalue weighted by atomic mass is 15.2. The molecule has 0 spiro atoms. The van der Waals surface area contributed by atoms with E-state index in [4.69, 9.17) is 0 Å². The van der Waals surface area contributed by atoms with Crippen LogP contribution in [0.1, 0.15) is 38.4 Å². The van der Waals surface area contributed by atoms with E-state index in [0.29, 0.717) is 0 Å². The fourth-order valence-corrected chi connectivity index (χ4v) is 2.95. The Bertz CT molecular complexity index is 403. The molecular formula is C17H29N3. The average Bonchev–Trinajstić information content (AvgIpc) is 2.86. The van der Waals surface area contributed by atoms with Gasteiger partial charge in [0.2, 0.25) is 0 Å². The van der Waals surface area contributed by atoms with E-state index < -0.39 is 0 Å². The van der Waals surface area contributed by atoms with Crippen LogP contribution in [-0.4, -0.2) is 36.1 Å². The van der Waals surface area contributed by atoms with E-state index in [2.05, 4.69) is 42.0 Å². The van der Waals surface area contributed by atoms with Gasteiger partial charge in [0, 0.05) is 19.3 Å². The number of hydrogen-bond donors (Lipinski definition) is 1. The van der Waals surface area contributed by atoms with Crippen LogP contribution in [0.25, 0.3) is 0 Å². The molecule has 1 aromatic rings. The summed E-state index contributed by atoms with van der Waals surface area (Å²) in [5, 5.41) is 3.59. The van der Waals surface area contributed by atoms with Gasteiger partial charge in [-0.2, -0.15) is 0 Å². The molecule has 1 aromatic heterocycles. The molecule has 2 rings (SSSR count). The average molecular weight is 275 g/mol. The minimum Gasteiger partial charge on any atom is -0.316 e. The Balaban J connectivity index is 1.78. The molecule has 0 bridgehead atoms. The molecule has 112 valence electrons. The maximum Gasteiger partial charge on any atom is 0.0575 e. The summed E-state index contributed by atoms with van der Waals surface area (Å²) in [7, 11) is 0. The first-order valence-electron chi connectivity index (χ1n) is 8.04. The molecule has 20 heavy (non-hydrogen) atoms. The molecule has 1 fully saturated rings. The molecule has 1 saturated heterocycles. The summed E-state index contributed by atoms with van der Waals surface area (Å²) in [6.07, 6.45) is 4.32. The van der Waals surface area contributed by atoms with Gasteiger partial charge in [-0.05, 0) is 55.9 Å². The van der Waals surface area contributed by atoms with Crippen LogP contribution in [0.4, 0.5) is 0 Å². The summed E-state index contributed by atoms with van der Waals surface area (Å²) in [4.78, 5) is 7.12. The van der Waals surface area contributed by atoms with Crippen LogP contribution < -0.4 is 5.32 Å². The summed E-state index contributed by atoms with van der Waals surface area (Å²) >= 11 is 0. The van der Waals surface area contributed by atoms with E-state index in [9.17, 15) is 0 Å². The minimum atomic E-state index is 0.744. The lowest BCUT2D eigenvalue weighted by Crippen LogP contribution is -2.28. The number of hydrogen-bond acceptors (Lipinski definition) is 3. The van der Waals surface area contributed by atoms with E-state index in [1.807, 2.05) is 12.3 Å². The first-order chi connectivity index (χ1) is 9.69. The molecule has 1 N–H and O–H groups in total. The van der Waals surface area contributed by atoms with Crippen LogP contribution >= 0.6 is 0 Å². The van der Waals surface area contributed by atoms with Crippen molar-refractivity contribution in [1.82, 2.24) is 15.2 Å². The van der Waals surface area contributed by atoms with Crippen LogP contribution in [0.5, 0.6) is 0 Å². The number of nitrogens with one attached hydrogen (secondary N) is 1. The standard InChI is InChI=1S/C17H29N3/c1-4-16-6-5-8-19-17(16)13-20-9-7-15(12-20)11-18-10-14(2)3/h5-6,8,14-15,18H,4,7,9-13H2,1-3H3. The third kappa shape index (κ3) is 4.57. The van der Waals surface area contributed by atoms with E-state index in [-0.39, 0.29) is 0 Å². The smallest absolute Gasteiger partial charge is 0.0575 e. The molecule has 0 saturated carbocycles. The van der Waals surface area contributed by atoms with Crippen LogP contribution in [-0.2, 0) is 13.0 Å². The molecule has 2 heterocycles. The molecule has 3 nitrogen and oxygen atoms in total. The minimum absolute atomic E-state index is 0.744. The first-order valence-corrected chi connectivity index (χ1v) is 8.04. The second-order valence-corrected chi connectivity index (χ2v) is 6.40. The summed E-state index contributed by atoms with van der Waals surface area (Å²) in [6, 6.07) is 4.25. The lowest BCUT2D eigenvalue weighted by Gasteiger charge is -2.17. The highest BCUT2D eigenvalue weighted by Crippen LogP contribution is 2.19. The molecule has 1 unspecified atom stereocenters. The normalized spacial score (nSPS) is 19.9. The quantitative estimate of drug-likeness (QED) is 0.829. The van der Waals surface area contributed by atoms with Crippen molar-refractivity contribution in [2.45, 2.75) is 40.2 Å². The molecule has 0 amide bonds. The molecule has 3 heteroatoms. The van der Waals surface area contributed by atoms with Crippen molar-refractivity contribution in [3.8, 4) is 0 Å². The second kappa shape index (κ2) is 7.75. The molecule has 1 aliphatic rings. The van der Waals surface area contributed by atoms with Crippen molar-refractivity contribution in [2.24, 2.45) is 11.8 Å². The molecule has 1 atom stereocenters. The van der Waals surface area contributed by atoms with Crippen LogP contribution in [0.15, 0.2) is 18.3 Å². The largest absolute Gasteiger partial charge is 0.316 e. The Morgan fingerprint density at radius 1 is 1.45 bits per heavy atom. The van der Waals surface area contributed by atoms with E-state index >= 15 is 0 Å². The third-order valence-corrected chi connectivity index (χ3v) is 4.09. The molecule has 0 aromatic carbocycles. The fourth-order valence-electron chi connectivity index (χ4n) is 2.95. The monoisotopic (exact) mass is 275 g/mol. The molecule has 0 radical (unpaired) electrons. The van der Waals surface area contributed by atoms with Crippen LogP contribution in [0.2, 0.25) is 0 Å². The Labute approximate surface area is 123 Å². The van der Waals surface area contributed by atoms with Gasteiger partial charge in [-0.1, -0.05) is 26.8 Å². The Hall–Kier alpha value is -0.930. The zero-order valence-electron chi connectivity index (χ0n) is 13.2. The van der Waals surface area contributed by atoms with Crippen molar-refractivity contribution >= 4 is 0 Å². The summed E-state index contributed by atoms with van der Waals surface area (Å²) in [5.41, 5.74) is 2.67. The number of rotatable bonds is 7. The van der Waals surface area contributed by atoms with Gasteiger partial charge < -0.3 is 5.32 Å². The second-order valence-electron chi connectivity index (χ2n) is 6.40. The Kier molecular flexibility index (Phi) is 5.99. The molecule has 1 aliphatic heterocycles. The van der Waals surface area contributed by atoms with Crippen molar-refractivity contribution in [1.29, 1.82) is 0 Å². The Morgan fingerprint density at radius 2 is 2.30 bits per heavy atom. The van der Waals surface area contributed by atoms with E-state index in [1.165, 1.54) is 30.8 Å². The first kappa shape index (κ1) is 15.5. The summed E-state index contributed by atoms with van der Waals surface area (Å²) < 4.78 is 0. The highest BCUT2D eigenvalue weighted by Gasteiger charge is 2.22. The highest BCUT2D eigenvalue weighted by molar-refractivity contribution is 5.19. The predicted octanol–water partition coefficient (Wildman–Crippen LogP) is 2.71. The fraction of sp³-hybridized carbons (Fsp3) is 0.706. The number of nitrogens with zero attached hydrogens (tertiary/aromatic N) is 2. The topological polar surface area (TPSA) is 28.2 Å². The van der Waals surface area contributed by atoms with Gasteiger partial charge >= 0.3 is 0 Å². The zero-order chi connectivity index (χ0) is 14.4. The summed E-state index contributed by atoms with van der Waals surface area (Å²) in [5.74, 6) is 1.55. The lowest BCUT2D eigenvalue weighted by molar-refractivity contribution is 0.309. The number of pyridine rings is 1. The van der Waals surface area contributed by atoms with E-state index in [0.717, 1.165) is 37.9 Å². The Morgan fingerprint density at radius 3 is 3.05 bits per heavy atom. The molecular weight excluding hydrogens is 246 g/mol. The number of likely N-dealkylation sites (tertiary alicyclic amines) is 1. The van der Waals surface area contributed by atoms with Gasteiger partial charge in [0.25, 0.3) is 0 Å². The van der Waals surface area contributed by atoms with Crippen LogP contribution in [0, 0.1) is 11.8 Å². The maximum atomic E-state index is 4.57. The predicted molar refractivity (Wildman–Crippen MR) is 84.7 cm³/mol. The van der Waals surface area contributed by atoms with Gasteiger partial charge in [0.05, 0.1) is 5.69 Å². The van der Waals surface area contributed by atoms with Gasteiger partial charge in [-0.25, -0.2) is 0 Å². The number of aromatic nitrogens is 1. The van der Waals surface area contributed by atoms with Crippen molar-refractivity contribution in [3.05, 3.63) is 29.6 Å². The van der Waals surface area contributed by atoms with Crippen LogP contribution in [0.3, 0.4) is 0 Å². The SMILES string of the molecule is CCc1cccnc1CN1CCC(CNCC(C)C)C1. The maximum absolute atomic E-state index is 4.57. The van der Waals surface area contributed by atoms with Gasteiger partial charge in [0.1, 0.15) is 0 Å². The summed E-state index contributed by atoms with van der Waals surface area (Å²) in [6.45, 7) is 12.5. The lowest BCUT2D eigenvalue weighted by atomic mass is 10.1. The van der Waals surface area contributed by atoms with Crippen molar-refractivity contribution in [3.63, 3.8) is 0 Å². The number of aryl methyl sites for hydroxylation is 1. The third-order valence-electron chi connectivity index (χ3n) is 4.09. The van der Waals surface area contributed by atoms with Crippen molar-refractivity contribution < 1.29 is 0 Å². The van der Waals surface area contributed by atoms with Gasteiger partial charge in [-0.15, -0.1) is 0 Å². The molecule has 0 aliphatic carbocycles. The van der Waals surface area contributed by atoms with Gasteiger partial charge in [0.15, 0.2) is 0 Å². The zero-order valence-corrected chi connectivity index (χ0v) is 13.2. The van der Waals surface area contributed by atoms with Crippen molar-refractivity contribution in [2.75, 3.05) is 26.2 Å². The van der Waals surface area contributed by atoms with Gasteiger partial charge in [-0.3, -0.25) is 9.88 Å². The van der Waals surface area contributed by atoms with E-state index in [1.54, 1.807) is 0 Å².